The number of nitrogens with zero attached hydrogens (tertiary/aromatic N) is 5. The number of hydrogen-bond donors (Lipinski definition) is 1. The summed E-state index contributed by atoms with van der Waals surface area (Å²) in [6.45, 7) is 1.71. The number of ether oxygens (including phenoxy) is 1. The molecule has 1 N–H and O–H groups in total. The lowest BCUT2D eigenvalue weighted by molar-refractivity contribution is -0.140. The second-order valence-corrected chi connectivity index (χ2v) is 13.2. The van der Waals surface area contributed by atoms with Crippen molar-refractivity contribution >= 4 is 41.0 Å². The van der Waals surface area contributed by atoms with E-state index in [9.17, 15) is 24.0 Å². The fourth-order valence-electron chi connectivity index (χ4n) is 7.30. The van der Waals surface area contributed by atoms with Crippen molar-refractivity contribution in [3.05, 3.63) is 81.3 Å². The van der Waals surface area contributed by atoms with Gasteiger partial charge >= 0.3 is 6.03 Å². The van der Waals surface area contributed by atoms with E-state index in [-0.39, 0.29) is 30.5 Å². The molecule has 1 aromatic heterocycles. The van der Waals surface area contributed by atoms with Crippen LogP contribution in [0.4, 0.5) is 4.79 Å². The van der Waals surface area contributed by atoms with Crippen molar-refractivity contribution in [1.82, 2.24) is 29.9 Å². The number of rotatable bonds is 6. The van der Waals surface area contributed by atoms with E-state index in [1.807, 2.05) is 18.2 Å². The zero-order chi connectivity index (χ0) is 32.7. The van der Waals surface area contributed by atoms with Crippen LogP contribution >= 0.6 is 11.3 Å². The van der Waals surface area contributed by atoms with Crippen LogP contribution in [-0.2, 0) is 11.2 Å². The van der Waals surface area contributed by atoms with Crippen molar-refractivity contribution < 1.29 is 28.7 Å². The molecule has 4 aliphatic rings. The Balaban J connectivity index is 1.22. The molecule has 0 spiro atoms. The Labute approximate surface area is 276 Å². The summed E-state index contributed by atoms with van der Waals surface area (Å²) in [5.41, 5.74) is 4.03. The standard InChI is InChI=1S/C34H36N6O6S/c1-35-34(45)39-14-5-4-10-25(39)32(43)38-16-12-21-7-6-11-27(46-22-13-15-37(18-22)33(44)28-17-36-20-47-28)29(21)26(38)19-40-30(41)23-8-2-3-9-24(23)31(40)42/h2-3,6-9,11,17,20,22,25-26H,4-5,10,12-16,18-19H2,1H3,(H,35,45)/t22-,25-,26+/m0/s1. The van der Waals surface area contributed by atoms with E-state index < -0.39 is 23.9 Å². The smallest absolute Gasteiger partial charge is 0.317 e. The summed E-state index contributed by atoms with van der Waals surface area (Å²) in [6, 6.07) is 10.8. The predicted molar refractivity (Wildman–Crippen MR) is 172 cm³/mol. The number of likely N-dealkylation sites (tertiary alicyclic amines) is 2. The van der Waals surface area contributed by atoms with E-state index in [2.05, 4.69) is 10.3 Å². The molecule has 6 amide bonds. The predicted octanol–water partition coefficient (Wildman–Crippen LogP) is 3.35. The Morgan fingerprint density at radius 3 is 2.47 bits per heavy atom. The minimum atomic E-state index is -0.700. The van der Waals surface area contributed by atoms with Gasteiger partial charge in [0.2, 0.25) is 5.91 Å². The number of imide groups is 1. The molecular weight excluding hydrogens is 620 g/mol. The summed E-state index contributed by atoms with van der Waals surface area (Å²) in [5, 5.41) is 2.67. The fourth-order valence-corrected chi connectivity index (χ4v) is 7.89. The largest absolute Gasteiger partial charge is 0.488 e. The number of fused-ring (bicyclic) bond motifs is 2. The van der Waals surface area contributed by atoms with Crippen LogP contribution in [0.25, 0.3) is 0 Å². The molecule has 12 nitrogen and oxygen atoms in total. The zero-order valence-corrected chi connectivity index (χ0v) is 26.9. The highest BCUT2D eigenvalue weighted by Crippen LogP contribution is 2.40. The normalized spacial score (nSPS) is 22.3. The number of amides is 6. The third kappa shape index (κ3) is 5.62. The van der Waals surface area contributed by atoms with Crippen LogP contribution in [0.15, 0.2) is 54.2 Å². The quantitative estimate of drug-likeness (QED) is 0.403. The van der Waals surface area contributed by atoms with Crippen LogP contribution in [0.2, 0.25) is 0 Å². The average molecular weight is 657 g/mol. The van der Waals surface area contributed by atoms with Crippen LogP contribution in [0.3, 0.4) is 0 Å². The van der Waals surface area contributed by atoms with Gasteiger partial charge in [-0.1, -0.05) is 24.3 Å². The Kier molecular flexibility index (Phi) is 8.39. The van der Waals surface area contributed by atoms with Gasteiger partial charge in [0, 0.05) is 38.7 Å². The fraction of sp³-hybridized carbons (Fsp3) is 0.412. The third-order valence-electron chi connectivity index (χ3n) is 9.64. The third-order valence-corrected chi connectivity index (χ3v) is 10.4. The number of carbonyl (C=O) groups is 5. The molecule has 13 heteroatoms. The summed E-state index contributed by atoms with van der Waals surface area (Å²) < 4.78 is 6.63. The van der Waals surface area contributed by atoms with Crippen molar-refractivity contribution in [2.24, 2.45) is 0 Å². The summed E-state index contributed by atoms with van der Waals surface area (Å²) in [6.07, 6.45) is 4.60. The second-order valence-electron chi connectivity index (χ2n) is 12.3. The van der Waals surface area contributed by atoms with E-state index >= 15 is 0 Å². The van der Waals surface area contributed by atoms with Gasteiger partial charge in [-0.3, -0.25) is 29.1 Å². The number of hydrogen-bond acceptors (Lipinski definition) is 8. The number of nitrogens with one attached hydrogen (secondary N) is 1. The van der Waals surface area contributed by atoms with Crippen molar-refractivity contribution in [2.45, 2.75) is 50.3 Å². The minimum Gasteiger partial charge on any atom is -0.488 e. The van der Waals surface area contributed by atoms with Gasteiger partial charge in [-0.15, -0.1) is 11.3 Å². The number of urea groups is 1. The van der Waals surface area contributed by atoms with Gasteiger partial charge < -0.3 is 24.8 Å². The molecule has 0 bridgehead atoms. The SMILES string of the molecule is CNC(=O)N1CCCC[C@H]1C(=O)N1CCc2cccc(O[C@H]3CCN(C(=O)c4cncs4)C3)c2[C@H]1CN1C(=O)c2ccccc2C1=O. The van der Waals surface area contributed by atoms with Gasteiger partial charge in [-0.2, -0.15) is 0 Å². The number of aromatic nitrogens is 1. The monoisotopic (exact) mass is 656 g/mol. The molecule has 2 fully saturated rings. The molecule has 3 aromatic rings. The van der Waals surface area contributed by atoms with Crippen molar-refractivity contribution in [2.75, 3.05) is 39.8 Å². The Bertz CT molecular complexity index is 1690. The molecular formula is C34H36N6O6S. The highest BCUT2D eigenvalue weighted by Gasteiger charge is 2.44. The molecule has 0 unspecified atom stereocenters. The van der Waals surface area contributed by atoms with Gasteiger partial charge in [-0.05, 0) is 49.4 Å². The summed E-state index contributed by atoms with van der Waals surface area (Å²) in [4.78, 5) is 78.4. The molecule has 0 radical (unpaired) electrons. The Hall–Kier alpha value is -4.78. The van der Waals surface area contributed by atoms with Crippen LogP contribution in [0, 0.1) is 0 Å². The summed E-state index contributed by atoms with van der Waals surface area (Å²) in [7, 11) is 1.55. The van der Waals surface area contributed by atoms with Crippen LogP contribution in [0.1, 0.15) is 73.2 Å². The van der Waals surface area contributed by atoms with Gasteiger partial charge in [0.25, 0.3) is 17.7 Å². The van der Waals surface area contributed by atoms with Gasteiger partial charge in [0.05, 0.1) is 42.0 Å². The maximum atomic E-state index is 14.5. The molecule has 0 aliphatic carbocycles. The lowest BCUT2D eigenvalue weighted by Crippen LogP contribution is -2.57. The van der Waals surface area contributed by atoms with E-state index in [0.29, 0.717) is 67.2 Å². The molecule has 3 atom stereocenters. The number of piperidine rings is 1. The molecule has 4 aliphatic heterocycles. The van der Waals surface area contributed by atoms with E-state index in [4.69, 9.17) is 4.74 Å². The first-order valence-electron chi connectivity index (χ1n) is 16.1. The maximum Gasteiger partial charge on any atom is 0.317 e. The Morgan fingerprint density at radius 1 is 0.957 bits per heavy atom. The lowest BCUT2D eigenvalue weighted by atomic mass is 9.89. The Morgan fingerprint density at radius 2 is 1.74 bits per heavy atom. The summed E-state index contributed by atoms with van der Waals surface area (Å²) in [5.74, 6) is -0.535. The van der Waals surface area contributed by atoms with Gasteiger partial charge in [0.1, 0.15) is 22.8 Å². The topological polar surface area (TPSA) is 132 Å². The van der Waals surface area contributed by atoms with Crippen LogP contribution in [0.5, 0.6) is 5.75 Å². The number of carbonyl (C=O) groups excluding carboxylic acids is 5. The first-order valence-corrected chi connectivity index (χ1v) is 16.9. The van der Waals surface area contributed by atoms with Crippen LogP contribution < -0.4 is 10.1 Å². The highest BCUT2D eigenvalue weighted by molar-refractivity contribution is 7.11. The molecule has 0 saturated carbocycles. The highest BCUT2D eigenvalue weighted by atomic mass is 32.1. The molecule has 244 valence electrons. The van der Waals surface area contributed by atoms with Crippen molar-refractivity contribution in [3.8, 4) is 5.75 Å². The zero-order valence-electron chi connectivity index (χ0n) is 26.1. The van der Waals surface area contributed by atoms with Crippen molar-refractivity contribution in [1.29, 1.82) is 0 Å². The van der Waals surface area contributed by atoms with E-state index in [0.717, 1.165) is 24.0 Å². The lowest BCUT2D eigenvalue weighted by Gasteiger charge is -2.44. The van der Waals surface area contributed by atoms with Gasteiger partial charge in [0.15, 0.2) is 0 Å². The number of benzene rings is 2. The second kappa shape index (κ2) is 12.8. The average Bonchev–Trinajstić information content (AvgIpc) is 3.86. The molecule has 2 saturated heterocycles. The molecule has 47 heavy (non-hydrogen) atoms. The van der Waals surface area contributed by atoms with E-state index in [1.165, 1.54) is 16.2 Å². The molecule has 2 aromatic carbocycles. The van der Waals surface area contributed by atoms with Crippen LogP contribution in [-0.4, -0.2) is 106 Å². The first kappa shape index (κ1) is 30.9. The first-order chi connectivity index (χ1) is 22.9. The molecule has 7 rings (SSSR count). The number of thiazole rings is 1. The maximum absolute atomic E-state index is 14.5. The molecule has 5 heterocycles. The minimum absolute atomic E-state index is 0.0567. The van der Waals surface area contributed by atoms with E-state index in [1.54, 1.807) is 57.7 Å². The summed E-state index contributed by atoms with van der Waals surface area (Å²) >= 11 is 1.30. The van der Waals surface area contributed by atoms with Crippen molar-refractivity contribution in [3.63, 3.8) is 0 Å². The van der Waals surface area contributed by atoms with Gasteiger partial charge in [-0.25, -0.2) is 4.79 Å².